The van der Waals surface area contributed by atoms with Crippen LogP contribution >= 0.6 is 14.3 Å². The Balaban J connectivity index is 0.000000104. The van der Waals surface area contributed by atoms with Gasteiger partial charge in [0.2, 0.25) is 0 Å². The number of fused-ring (bicyclic) bond motifs is 23. The Morgan fingerprint density at radius 1 is 0.417 bits per heavy atom. The van der Waals surface area contributed by atoms with E-state index in [4.69, 9.17) is 4.74 Å². The number of nitrogens with zero attached hydrogens (tertiary/aromatic N) is 3. The molecule has 3 unspecified atom stereocenters. The summed E-state index contributed by atoms with van der Waals surface area (Å²) in [5.41, 5.74) is 6.36. The number of aliphatic hydroxyl groups is 3. The summed E-state index contributed by atoms with van der Waals surface area (Å²) in [6, 6.07) is 32.7. The summed E-state index contributed by atoms with van der Waals surface area (Å²) < 4.78 is 36.3. The standard InChI is InChI=1S/C31H41O2P.C22H27N3O2.C22H34O3.C21H37O2P.C20H26O2/c1-30(32)19-17-25-22(21-30)13-14-27-26(25)18-20-31(2)28(27)15-16-29(31)34(33,23-9-5-3-6-10-23)24-11-7-4-8-12-24;1-22-9-8-17-16-5-3-15(26)12-14(16)2-4-18(17)19(22)6-7-20(22)21(27)13-25-11-10-23-24-25;1-13(23)15-4-5-16-14-10-19-18-11-20(2,24)8-9-22(18,12-25-19)17(14)6-7-21(15,16)3;1-20(22)11-9-15-14(13-20)5-6-17-16(15)10-12-21(2)18(17)7-8-19(21)24(3,4)23;1-12(21)18-7-8-19-17-5-3-13-11-14(22)4-6-15(13)16(17)9-10-20(18,19)2/h3-12,22,25-29,32H,13-21H2,1-2H3;3,5,10-12,17-20,26H,2,4,6-9,13H2,1H3;14-19,24H,4-12H2,1-3H3;14-19,22H,5-13H2,1-4H3;4,6,11,16-19,22H,3,5,7-10H2,1-2H3/t22-,25+,26-,27-,28+,29?,30-,31+;17-,18-,19+,20-,22+;14-,15+,16-,17?,18?,19+,20+,21+,22-;14-,15+,16-,17-,18+,19+,20-,21+;16-,17-,18-,19+,20-/m11011/s1. The van der Waals surface area contributed by atoms with Crippen molar-refractivity contribution in [2.75, 3.05) is 19.9 Å². The van der Waals surface area contributed by atoms with Gasteiger partial charge in [-0.15, -0.1) is 5.10 Å². The number of Topliss-reactive ketones (excluding diaryl/α,β-unsaturated/α-hetero) is 3. The Morgan fingerprint density at radius 2 is 0.856 bits per heavy atom. The monoisotopic (exact) mass is 1840 g/mol. The molecule has 16 saturated carbocycles. The van der Waals surface area contributed by atoms with Gasteiger partial charge in [-0.1, -0.05) is 113 Å². The van der Waals surface area contributed by atoms with Crippen LogP contribution in [0.1, 0.15) is 334 Å². The van der Waals surface area contributed by atoms with Crippen LogP contribution in [-0.2, 0) is 47.6 Å². The lowest BCUT2D eigenvalue weighted by Crippen LogP contribution is -2.58. The molecular formula is C116H165N3O11P2. The van der Waals surface area contributed by atoms with Crippen LogP contribution in [-0.4, -0.2) is 112 Å². The molecule has 0 radical (unpaired) electrons. The van der Waals surface area contributed by atoms with Crippen molar-refractivity contribution in [3.63, 3.8) is 0 Å². The van der Waals surface area contributed by atoms with Crippen molar-refractivity contribution in [2.45, 2.75) is 366 Å². The van der Waals surface area contributed by atoms with Gasteiger partial charge in [0.15, 0.2) is 5.78 Å². The molecule has 19 aliphatic rings. The first-order chi connectivity index (χ1) is 62.8. The van der Waals surface area contributed by atoms with Gasteiger partial charge in [0, 0.05) is 51.3 Å². The number of aromatic hydroxyl groups is 2. The molecular weight excluding hydrogens is 1670 g/mol. The average Bonchev–Trinajstić information content (AvgIpc) is 1.52. The predicted octanol–water partition coefficient (Wildman–Crippen LogP) is 24.3. The number of rotatable bonds is 9. The predicted molar refractivity (Wildman–Crippen MR) is 526 cm³/mol. The zero-order valence-electron chi connectivity index (χ0n) is 82.6. The maximum Gasteiger partial charge on any atom is 0.157 e. The van der Waals surface area contributed by atoms with Gasteiger partial charge in [-0.3, -0.25) is 14.4 Å². The maximum atomic E-state index is 15.3. The molecule has 720 valence electrons. The van der Waals surface area contributed by atoms with Gasteiger partial charge in [-0.2, -0.15) is 0 Å². The minimum atomic E-state index is -2.75. The summed E-state index contributed by atoms with van der Waals surface area (Å²) in [4.78, 5) is 37.4. The highest BCUT2D eigenvalue weighted by Gasteiger charge is 2.70. The Hall–Kier alpha value is -5.07. The molecule has 1 aromatic heterocycles. The number of hydrogen-bond donors (Lipinski definition) is 5. The summed E-state index contributed by atoms with van der Waals surface area (Å²) in [7, 11) is -4.75. The Labute approximate surface area is 791 Å². The van der Waals surface area contributed by atoms with Crippen molar-refractivity contribution in [3.8, 4) is 11.5 Å². The van der Waals surface area contributed by atoms with Gasteiger partial charge in [0.1, 0.15) is 36.8 Å². The van der Waals surface area contributed by atoms with Crippen LogP contribution in [0.25, 0.3) is 0 Å². The number of ketones is 3. The third kappa shape index (κ3) is 16.3. The van der Waals surface area contributed by atoms with Gasteiger partial charge < -0.3 is 39.4 Å². The topological polar surface area (TPSA) is 226 Å². The normalized spacial score (nSPS) is 45.8. The number of phenols is 2. The van der Waals surface area contributed by atoms with Gasteiger partial charge in [0.25, 0.3) is 0 Å². The maximum absolute atomic E-state index is 15.3. The Kier molecular flexibility index (Phi) is 25.3. The SMILES string of the molecule is CC(=O)[C@H]1CC[C@H]2[C@@H]3CCc4cc(O)ccc4[C@H]3CC[C@]12C.CC(=O)[C@H]1CC[C@H]2[C@@H]3C[C@H]4OC[C@@]5(CC[C@@](C)(O)CC45)C3CC[C@]12C.C[C@@]1(O)CC[C@H]2[C@H](CC[C@@H]3[C@@H]2CC[C@@]2(C)[C@H]3CC[C@@H]2P(C)(C)=O)C1.C[C@@]1(O)CC[C@H]2[C@H](CC[C@@H]3[C@@H]2CC[C@]2(C)C(P(=O)(c4ccccc4)c4ccccc4)CC[C@@H]32)C1.C[C@]12CC[C@@H]3c4ccc(O)cc4CC[C@H]3[C@@H]1CC[C@@H]2C(=O)Cn1ccnn1. The molecule has 0 amide bonds. The number of carbonyl (C=O) groups excluding carboxylic acids is 3. The number of aryl methyl sites for hydroxylation is 2. The fourth-order valence-corrected chi connectivity index (χ4v) is 45.5. The lowest BCUT2D eigenvalue weighted by molar-refractivity contribution is -0.143. The third-order valence-electron chi connectivity index (χ3n) is 44.6. The minimum absolute atomic E-state index is 0.118. The Morgan fingerprint density at radius 3 is 1.35 bits per heavy atom. The summed E-state index contributed by atoms with van der Waals surface area (Å²) in [6.07, 6.45) is 48.3. The average molecular weight is 1840 g/mol. The van der Waals surface area contributed by atoms with E-state index in [0.29, 0.717) is 123 Å². The van der Waals surface area contributed by atoms with Crippen molar-refractivity contribution in [2.24, 2.45) is 157 Å². The van der Waals surface area contributed by atoms with Crippen LogP contribution < -0.4 is 10.6 Å². The van der Waals surface area contributed by atoms with Gasteiger partial charge in [-0.25, -0.2) is 4.68 Å². The summed E-state index contributed by atoms with van der Waals surface area (Å²) in [5, 5.41) is 61.3. The van der Waals surface area contributed by atoms with Crippen LogP contribution in [0.3, 0.4) is 0 Å². The molecule has 2 heterocycles. The zero-order valence-corrected chi connectivity index (χ0v) is 84.4. The first-order valence-corrected chi connectivity index (χ1v) is 58.3. The number of aromatic nitrogens is 3. The number of hydrogen-bond acceptors (Lipinski definition) is 13. The van der Waals surface area contributed by atoms with Crippen molar-refractivity contribution >= 4 is 42.2 Å². The molecule has 5 N–H and O–H groups in total. The molecule has 24 rings (SSSR count). The van der Waals surface area contributed by atoms with Gasteiger partial charge in [0.05, 0.1) is 42.9 Å². The van der Waals surface area contributed by atoms with E-state index in [1.165, 1.54) is 170 Å². The third-order valence-corrected chi connectivity index (χ3v) is 50.9. The van der Waals surface area contributed by atoms with Crippen molar-refractivity contribution in [1.82, 2.24) is 15.0 Å². The van der Waals surface area contributed by atoms with E-state index in [1.54, 1.807) is 24.0 Å². The van der Waals surface area contributed by atoms with E-state index in [2.05, 4.69) is 119 Å². The molecule has 14 nitrogen and oxygen atoms in total. The van der Waals surface area contributed by atoms with E-state index in [0.717, 1.165) is 179 Å². The molecule has 0 spiro atoms. The molecule has 1 saturated heterocycles. The highest BCUT2D eigenvalue weighted by atomic mass is 31.2. The second-order valence-electron chi connectivity index (χ2n) is 51.3. The highest BCUT2D eigenvalue weighted by Crippen LogP contribution is 2.75. The summed E-state index contributed by atoms with van der Waals surface area (Å²) in [5.74, 6) is 17.5. The van der Waals surface area contributed by atoms with E-state index in [9.17, 15) is 44.5 Å². The number of carbonyl (C=O) groups is 3. The second kappa shape index (κ2) is 35.3. The fraction of sp³-hybridized carbons (Fsp3) is 0.750. The minimum Gasteiger partial charge on any atom is -0.508 e. The number of ether oxygens (including phenoxy) is 1. The summed E-state index contributed by atoms with van der Waals surface area (Å²) in [6.45, 7) is 27.3. The number of phenolic OH excluding ortho intramolecular Hbond substituents is 2. The van der Waals surface area contributed by atoms with Crippen LogP contribution in [0.15, 0.2) is 109 Å². The van der Waals surface area contributed by atoms with Crippen molar-refractivity contribution in [1.29, 1.82) is 0 Å². The van der Waals surface area contributed by atoms with Crippen LogP contribution in [0.5, 0.6) is 11.5 Å². The molecule has 1 aliphatic heterocycles. The molecule has 16 heteroatoms. The number of benzene rings is 4. The van der Waals surface area contributed by atoms with Crippen LogP contribution in [0, 0.1) is 157 Å². The zero-order chi connectivity index (χ0) is 92.6. The highest BCUT2D eigenvalue weighted by molar-refractivity contribution is 7.79. The van der Waals surface area contributed by atoms with Gasteiger partial charge in [-0.05, 0) is 484 Å². The summed E-state index contributed by atoms with van der Waals surface area (Å²) >= 11 is 0. The van der Waals surface area contributed by atoms with E-state index in [-0.39, 0.29) is 33.2 Å². The van der Waals surface area contributed by atoms with E-state index < -0.39 is 31.1 Å². The smallest absolute Gasteiger partial charge is 0.157 e. The molecule has 4 aromatic carbocycles. The molecule has 35 atom stereocenters. The van der Waals surface area contributed by atoms with Crippen molar-refractivity contribution in [3.05, 3.63) is 132 Å². The molecule has 2 bridgehead atoms. The van der Waals surface area contributed by atoms with Crippen LogP contribution in [0.2, 0.25) is 0 Å². The van der Waals surface area contributed by atoms with E-state index >= 15 is 4.57 Å². The van der Waals surface area contributed by atoms with Crippen LogP contribution in [0.4, 0.5) is 0 Å². The molecule has 132 heavy (non-hydrogen) atoms. The molecule has 17 fully saturated rings. The fourth-order valence-electron chi connectivity index (χ4n) is 39.0. The first kappa shape index (κ1) is 94.5. The molecule has 18 aliphatic carbocycles. The first-order valence-electron chi connectivity index (χ1n) is 53.8. The van der Waals surface area contributed by atoms with E-state index in [1.807, 2.05) is 63.6 Å². The largest absolute Gasteiger partial charge is 0.508 e. The quantitative estimate of drug-likeness (QED) is 0.0867. The molecule has 5 aromatic rings. The van der Waals surface area contributed by atoms with Crippen molar-refractivity contribution < 1.29 is 53.8 Å². The van der Waals surface area contributed by atoms with Gasteiger partial charge >= 0.3 is 0 Å². The lowest BCUT2D eigenvalue weighted by Gasteiger charge is -2.60. The Bertz CT molecular complexity index is 5100. The second-order valence-corrected chi connectivity index (χ2v) is 57.8. The lowest BCUT2D eigenvalue weighted by atomic mass is 9.44.